The molecule has 0 saturated heterocycles. The zero-order valence-corrected chi connectivity index (χ0v) is 12.1. The number of aromatic nitrogens is 2. The van der Waals surface area contributed by atoms with Crippen molar-refractivity contribution in [3.8, 4) is 0 Å². The lowest BCUT2D eigenvalue weighted by Crippen LogP contribution is -2.16. The van der Waals surface area contributed by atoms with E-state index in [1.807, 2.05) is 0 Å². The topological polar surface area (TPSA) is 90.1 Å². The predicted molar refractivity (Wildman–Crippen MR) is 76.7 cm³/mol. The number of amides is 1. The summed E-state index contributed by atoms with van der Waals surface area (Å²) in [7, 11) is 0. The first kappa shape index (κ1) is 14.2. The van der Waals surface area contributed by atoms with E-state index in [1.54, 1.807) is 25.3 Å². The highest BCUT2D eigenvalue weighted by Crippen LogP contribution is 2.21. The van der Waals surface area contributed by atoms with Gasteiger partial charge in [-0.2, -0.15) is 0 Å². The fourth-order valence-corrected chi connectivity index (χ4v) is 2.06. The van der Waals surface area contributed by atoms with Crippen molar-refractivity contribution in [2.45, 2.75) is 13.5 Å². The molecule has 0 aliphatic rings. The van der Waals surface area contributed by atoms with Crippen molar-refractivity contribution in [2.75, 3.05) is 5.32 Å². The van der Waals surface area contributed by atoms with E-state index in [4.69, 9.17) is 0 Å². The van der Waals surface area contributed by atoms with E-state index in [-0.39, 0.29) is 11.4 Å². The molecule has 8 heteroatoms. The molecule has 2 aromatic heterocycles. The summed E-state index contributed by atoms with van der Waals surface area (Å²) in [5.41, 5.74) is 0.626. The van der Waals surface area contributed by atoms with Crippen LogP contribution in [-0.2, 0) is 6.54 Å². The van der Waals surface area contributed by atoms with Crippen LogP contribution in [0.2, 0.25) is 0 Å². The first-order valence-electron chi connectivity index (χ1n) is 5.79. The molecule has 104 valence electrons. The molecule has 2 rings (SSSR count). The maximum atomic E-state index is 12.2. The quantitative estimate of drug-likeness (QED) is 0.527. The van der Waals surface area contributed by atoms with E-state index >= 15 is 0 Å². The Balaban J connectivity index is 2.29. The minimum absolute atomic E-state index is 0.109. The van der Waals surface area contributed by atoms with Crippen LogP contribution in [-0.4, -0.2) is 20.4 Å². The summed E-state index contributed by atoms with van der Waals surface area (Å²) in [6.07, 6.45) is 2.92. The Morgan fingerprint density at radius 1 is 1.60 bits per heavy atom. The van der Waals surface area contributed by atoms with Gasteiger partial charge in [0, 0.05) is 18.8 Å². The Morgan fingerprint density at radius 2 is 2.35 bits per heavy atom. The lowest BCUT2D eigenvalue weighted by atomic mass is 10.3. The van der Waals surface area contributed by atoms with Crippen LogP contribution in [0, 0.1) is 10.1 Å². The number of hydrogen-bond acceptors (Lipinski definition) is 4. The second kappa shape index (κ2) is 5.83. The minimum Gasteiger partial charge on any atom is -0.337 e. The van der Waals surface area contributed by atoms with Gasteiger partial charge in [-0.3, -0.25) is 14.9 Å². The number of nitrogens with zero attached hydrogens (tertiary/aromatic N) is 3. The summed E-state index contributed by atoms with van der Waals surface area (Å²) in [4.78, 5) is 26.4. The monoisotopic (exact) mass is 338 g/mol. The number of halogens is 1. The lowest BCUT2D eigenvalue weighted by Gasteiger charge is -2.08. The molecule has 2 aromatic rings. The Bertz CT molecular complexity index is 668. The normalized spacial score (nSPS) is 10.3. The minimum atomic E-state index is -0.525. The van der Waals surface area contributed by atoms with E-state index in [0.29, 0.717) is 16.8 Å². The molecule has 2 heterocycles. The average Bonchev–Trinajstić information content (AvgIpc) is 2.85. The second-order valence-corrected chi connectivity index (χ2v) is 4.67. The van der Waals surface area contributed by atoms with Crippen molar-refractivity contribution < 1.29 is 9.72 Å². The summed E-state index contributed by atoms with van der Waals surface area (Å²) in [5.74, 6) is -0.423. The van der Waals surface area contributed by atoms with Crippen LogP contribution in [0.1, 0.15) is 17.4 Å². The number of anilines is 1. The molecule has 0 unspecified atom stereocenters. The zero-order chi connectivity index (χ0) is 14.7. The summed E-state index contributed by atoms with van der Waals surface area (Å²) in [5, 5.41) is 13.4. The van der Waals surface area contributed by atoms with Crippen molar-refractivity contribution in [3.63, 3.8) is 0 Å². The van der Waals surface area contributed by atoms with Gasteiger partial charge in [-0.05, 0) is 35.0 Å². The largest absolute Gasteiger partial charge is 0.337 e. The molecule has 0 spiro atoms. The molecular weight excluding hydrogens is 328 g/mol. The number of pyridine rings is 1. The van der Waals surface area contributed by atoms with E-state index < -0.39 is 10.8 Å². The van der Waals surface area contributed by atoms with Crippen LogP contribution in [0.25, 0.3) is 0 Å². The Kier molecular flexibility index (Phi) is 4.14. The van der Waals surface area contributed by atoms with E-state index in [0.717, 1.165) is 0 Å². The molecule has 0 bridgehead atoms. The van der Waals surface area contributed by atoms with Gasteiger partial charge < -0.3 is 9.88 Å². The highest BCUT2D eigenvalue weighted by molar-refractivity contribution is 9.10. The fourth-order valence-electron chi connectivity index (χ4n) is 1.71. The summed E-state index contributed by atoms with van der Waals surface area (Å²) in [6, 6.07) is 4.62. The third kappa shape index (κ3) is 2.85. The highest BCUT2D eigenvalue weighted by atomic mass is 79.9. The Labute approximate surface area is 122 Å². The van der Waals surface area contributed by atoms with Crippen LogP contribution < -0.4 is 5.32 Å². The van der Waals surface area contributed by atoms with Crippen LogP contribution in [0.3, 0.4) is 0 Å². The third-order valence-corrected chi connectivity index (χ3v) is 3.31. The van der Waals surface area contributed by atoms with Gasteiger partial charge in [-0.25, -0.2) is 4.98 Å². The zero-order valence-electron chi connectivity index (χ0n) is 10.5. The van der Waals surface area contributed by atoms with Crippen LogP contribution in [0.4, 0.5) is 11.4 Å². The number of nitrogens with one attached hydrogen (secondary N) is 1. The Morgan fingerprint density at radius 3 is 2.95 bits per heavy atom. The molecular formula is C12H11BrN4O3. The molecule has 7 nitrogen and oxygen atoms in total. The number of aryl methyl sites for hydroxylation is 1. The predicted octanol–water partition coefficient (Wildman–Crippen LogP) is 2.83. The van der Waals surface area contributed by atoms with Crippen molar-refractivity contribution in [2.24, 2.45) is 0 Å². The molecule has 1 N–H and O–H groups in total. The van der Waals surface area contributed by atoms with Crippen molar-refractivity contribution >= 4 is 33.2 Å². The van der Waals surface area contributed by atoms with Gasteiger partial charge in [-0.1, -0.05) is 0 Å². The number of carbonyl (C=O) groups is 1. The van der Waals surface area contributed by atoms with Crippen molar-refractivity contribution in [1.29, 1.82) is 0 Å². The second-order valence-electron chi connectivity index (χ2n) is 3.92. The molecule has 0 aromatic carbocycles. The SMILES string of the molecule is CCn1cc([N+](=O)[O-])cc1C(=O)Nc1cccnc1Br. The lowest BCUT2D eigenvalue weighted by molar-refractivity contribution is -0.384. The van der Waals surface area contributed by atoms with Crippen molar-refractivity contribution in [3.05, 3.63) is 51.0 Å². The van der Waals surface area contributed by atoms with Gasteiger partial charge in [0.25, 0.3) is 11.6 Å². The van der Waals surface area contributed by atoms with Gasteiger partial charge in [-0.15, -0.1) is 0 Å². The van der Waals surface area contributed by atoms with Crippen LogP contribution >= 0.6 is 15.9 Å². The van der Waals surface area contributed by atoms with Gasteiger partial charge in [0.15, 0.2) is 0 Å². The van der Waals surface area contributed by atoms with Crippen LogP contribution in [0.15, 0.2) is 35.2 Å². The maximum absolute atomic E-state index is 12.2. The van der Waals surface area contributed by atoms with Crippen molar-refractivity contribution in [1.82, 2.24) is 9.55 Å². The number of nitro groups is 1. The maximum Gasteiger partial charge on any atom is 0.287 e. The molecule has 0 fully saturated rings. The molecule has 0 aliphatic heterocycles. The van der Waals surface area contributed by atoms with Crippen LogP contribution in [0.5, 0.6) is 0 Å². The summed E-state index contributed by atoms with van der Waals surface area (Å²) < 4.78 is 2.02. The van der Waals surface area contributed by atoms with Gasteiger partial charge >= 0.3 is 0 Å². The standard InChI is InChI=1S/C12H11BrN4O3/c1-2-16-7-8(17(19)20)6-10(16)12(18)15-9-4-3-5-14-11(9)13/h3-7H,2H2,1H3,(H,15,18). The summed E-state index contributed by atoms with van der Waals surface area (Å²) >= 11 is 3.22. The highest BCUT2D eigenvalue weighted by Gasteiger charge is 2.19. The molecule has 0 radical (unpaired) electrons. The number of hydrogen-bond donors (Lipinski definition) is 1. The number of carbonyl (C=O) groups excluding carboxylic acids is 1. The molecule has 1 amide bonds. The van der Waals surface area contributed by atoms with Gasteiger partial charge in [0.05, 0.1) is 16.8 Å². The Hall–Kier alpha value is -2.22. The smallest absolute Gasteiger partial charge is 0.287 e. The van der Waals surface area contributed by atoms with E-state index in [9.17, 15) is 14.9 Å². The molecule has 0 atom stereocenters. The molecule has 0 saturated carbocycles. The summed E-state index contributed by atoms with van der Waals surface area (Å²) in [6.45, 7) is 2.27. The van der Waals surface area contributed by atoms with Gasteiger partial charge in [0.1, 0.15) is 10.3 Å². The first-order chi connectivity index (χ1) is 9.52. The third-order valence-electron chi connectivity index (χ3n) is 2.67. The van der Waals surface area contributed by atoms with Gasteiger partial charge in [0.2, 0.25) is 0 Å². The van der Waals surface area contributed by atoms with E-state index in [1.165, 1.54) is 16.8 Å². The van der Waals surface area contributed by atoms with E-state index in [2.05, 4.69) is 26.2 Å². The first-order valence-corrected chi connectivity index (χ1v) is 6.58. The average molecular weight is 339 g/mol. The number of rotatable bonds is 4. The fraction of sp³-hybridized carbons (Fsp3) is 0.167. The molecule has 0 aliphatic carbocycles. The molecule has 20 heavy (non-hydrogen) atoms.